The second kappa shape index (κ2) is 9.02. The number of nitrogens with zero attached hydrogens (tertiary/aromatic N) is 6. The number of hydrogen-bond donors (Lipinski definition) is 3. The van der Waals surface area contributed by atoms with Gasteiger partial charge in [0.05, 0.1) is 11.9 Å². The van der Waals surface area contributed by atoms with Crippen LogP contribution in [0.2, 0.25) is 5.02 Å². The van der Waals surface area contributed by atoms with Crippen molar-refractivity contribution in [2.75, 3.05) is 5.32 Å². The Labute approximate surface area is 195 Å². The van der Waals surface area contributed by atoms with Crippen LogP contribution in [0.1, 0.15) is 26.3 Å². The van der Waals surface area contributed by atoms with Crippen molar-refractivity contribution in [2.24, 2.45) is 17.6 Å². The molecule has 1 amide bonds. The third-order valence-electron chi connectivity index (χ3n) is 4.80. The number of amidine groups is 1. The Balaban J connectivity index is 1.39. The Morgan fingerprint density at radius 3 is 2.79 bits per heavy atom. The van der Waals surface area contributed by atoms with Crippen molar-refractivity contribution in [2.45, 2.75) is 33.5 Å². The van der Waals surface area contributed by atoms with Gasteiger partial charge in [0.2, 0.25) is 18.0 Å². The molecule has 4 rings (SSSR count). The number of nitrogens with one attached hydrogen (secondary N) is 3. The summed E-state index contributed by atoms with van der Waals surface area (Å²) in [5, 5.41) is 17.3. The van der Waals surface area contributed by atoms with E-state index in [1.165, 1.54) is 6.33 Å². The molecule has 11 nitrogen and oxygen atoms in total. The standard InChI is InChI=1S/C21H24ClN9O2/c1-21(2,3)19-28-17(30-33-19)18(32)23-8-13-6-5-12(7-15(13)22)16-24-11-25-20(29-16)27-14-9-26-31(4)10-14/h5-7,9-11,19H,8H2,1-4H3,(H,23,32)(H,28,30)(H,24,25,27,29). The first-order valence-corrected chi connectivity index (χ1v) is 10.6. The van der Waals surface area contributed by atoms with Gasteiger partial charge in [-0.25, -0.2) is 9.97 Å². The summed E-state index contributed by atoms with van der Waals surface area (Å²) in [4.78, 5) is 30.5. The zero-order valence-corrected chi connectivity index (χ0v) is 19.4. The van der Waals surface area contributed by atoms with E-state index in [2.05, 4.69) is 41.2 Å². The SMILES string of the molecule is Cn1cc(Nc2ncnc(-c3ccc(CNC(=O)C4=NOC(C(C)(C)C)N4)c(Cl)c3)n2)cn1. The van der Waals surface area contributed by atoms with Crippen molar-refractivity contribution < 1.29 is 9.63 Å². The summed E-state index contributed by atoms with van der Waals surface area (Å²) in [7, 11) is 1.82. The van der Waals surface area contributed by atoms with Crippen LogP contribution in [0.5, 0.6) is 0 Å². The van der Waals surface area contributed by atoms with Crippen molar-refractivity contribution in [1.29, 1.82) is 0 Å². The van der Waals surface area contributed by atoms with Crippen molar-refractivity contribution >= 4 is 35.0 Å². The molecule has 0 spiro atoms. The van der Waals surface area contributed by atoms with Gasteiger partial charge in [0.1, 0.15) is 6.33 Å². The average molecular weight is 470 g/mol. The molecule has 2 aromatic heterocycles. The number of anilines is 2. The highest BCUT2D eigenvalue weighted by Gasteiger charge is 2.34. The van der Waals surface area contributed by atoms with Crippen LogP contribution in [-0.2, 0) is 23.2 Å². The number of halogens is 1. The summed E-state index contributed by atoms with van der Waals surface area (Å²) in [5.74, 6) is 0.622. The monoisotopic (exact) mass is 469 g/mol. The van der Waals surface area contributed by atoms with E-state index in [4.69, 9.17) is 16.4 Å². The van der Waals surface area contributed by atoms with Crippen molar-refractivity contribution in [3.63, 3.8) is 0 Å². The van der Waals surface area contributed by atoms with E-state index in [0.717, 1.165) is 16.8 Å². The summed E-state index contributed by atoms with van der Waals surface area (Å²) in [6.45, 7) is 6.20. The fraction of sp³-hybridized carbons (Fsp3) is 0.333. The first-order chi connectivity index (χ1) is 15.7. The predicted octanol–water partition coefficient (Wildman–Crippen LogP) is 2.59. The lowest BCUT2D eigenvalue weighted by molar-refractivity contribution is -0.115. The second-order valence-electron chi connectivity index (χ2n) is 8.58. The average Bonchev–Trinajstić information content (AvgIpc) is 3.42. The van der Waals surface area contributed by atoms with Gasteiger partial charge in [-0.2, -0.15) is 10.1 Å². The van der Waals surface area contributed by atoms with E-state index in [9.17, 15) is 4.79 Å². The van der Waals surface area contributed by atoms with Gasteiger partial charge in [0.15, 0.2) is 5.82 Å². The number of aryl methyl sites for hydroxylation is 1. The number of benzene rings is 1. The van der Waals surface area contributed by atoms with E-state index < -0.39 is 0 Å². The van der Waals surface area contributed by atoms with Gasteiger partial charge in [-0.1, -0.05) is 49.7 Å². The van der Waals surface area contributed by atoms with Gasteiger partial charge in [-0.15, -0.1) is 0 Å². The van der Waals surface area contributed by atoms with Crippen LogP contribution < -0.4 is 16.0 Å². The van der Waals surface area contributed by atoms with Crippen LogP contribution in [-0.4, -0.2) is 42.7 Å². The number of carbonyl (C=O) groups is 1. The smallest absolute Gasteiger partial charge is 0.290 e. The highest BCUT2D eigenvalue weighted by molar-refractivity contribution is 6.38. The molecule has 0 fully saturated rings. The largest absolute Gasteiger partial charge is 0.368 e. The summed E-state index contributed by atoms with van der Waals surface area (Å²) in [5.41, 5.74) is 2.02. The molecule has 1 unspecified atom stereocenters. The molecular formula is C21H24ClN9O2. The number of carbonyl (C=O) groups excluding carboxylic acids is 1. The Morgan fingerprint density at radius 2 is 2.12 bits per heavy atom. The number of rotatable bonds is 6. The minimum absolute atomic E-state index is 0.140. The minimum atomic E-state index is -0.370. The maximum Gasteiger partial charge on any atom is 0.290 e. The molecule has 172 valence electrons. The van der Waals surface area contributed by atoms with Crippen LogP contribution in [0.3, 0.4) is 0 Å². The molecule has 1 atom stereocenters. The van der Waals surface area contributed by atoms with E-state index in [1.54, 1.807) is 16.9 Å². The van der Waals surface area contributed by atoms with Crippen LogP contribution in [0.25, 0.3) is 11.4 Å². The zero-order valence-electron chi connectivity index (χ0n) is 18.6. The van der Waals surface area contributed by atoms with E-state index in [1.807, 2.05) is 46.1 Å². The van der Waals surface area contributed by atoms with Crippen LogP contribution >= 0.6 is 11.6 Å². The van der Waals surface area contributed by atoms with Gasteiger partial charge in [0, 0.05) is 35.8 Å². The molecule has 0 radical (unpaired) electrons. The Kier molecular flexibility index (Phi) is 6.14. The molecule has 3 N–H and O–H groups in total. The molecule has 0 saturated heterocycles. The van der Waals surface area contributed by atoms with Crippen LogP contribution in [0, 0.1) is 5.41 Å². The van der Waals surface area contributed by atoms with Crippen molar-refractivity contribution in [3.8, 4) is 11.4 Å². The normalized spacial score (nSPS) is 15.4. The number of hydrogen-bond acceptors (Lipinski definition) is 9. The summed E-state index contributed by atoms with van der Waals surface area (Å²) >= 11 is 6.46. The van der Waals surface area contributed by atoms with Crippen LogP contribution in [0.15, 0.2) is 42.1 Å². The van der Waals surface area contributed by atoms with Crippen LogP contribution in [0.4, 0.5) is 11.6 Å². The first-order valence-electron chi connectivity index (χ1n) is 10.2. The lowest BCUT2D eigenvalue weighted by Crippen LogP contribution is -2.45. The van der Waals surface area contributed by atoms with Gasteiger partial charge in [-0.3, -0.25) is 9.48 Å². The molecular weight excluding hydrogens is 446 g/mol. The van der Waals surface area contributed by atoms with Gasteiger partial charge in [0.25, 0.3) is 5.91 Å². The lowest BCUT2D eigenvalue weighted by atomic mass is 9.94. The highest BCUT2D eigenvalue weighted by Crippen LogP contribution is 2.25. The summed E-state index contributed by atoms with van der Waals surface area (Å²) < 4.78 is 1.67. The third-order valence-corrected chi connectivity index (χ3v) is 5.15. The minimum Gasteiger partial charge on any atom is -0.368 e. The fourth-order valence-corrected chi connectivity index (χ4v) is 3.21. The maximum absolute atomic E-state index is 12.4. The molecule has 3 aromatic rings. The Hall–Kier alpha value is -3.73. The molecule has 1 aliphatic rings. The van der Waals surface area contributed by atoms with Gasteiger partial charge in [-0.05, 0) is 11.6 Å². The molecule has 1 aromatic carbocycles. The fourth-order valence-electron chi connectivity index (χ4n) is 2.96. The topological polar surface area (TPSA) is 131 Å². The molecule has 0 bridgehead atoms. The molecule has 3 heterocycles. The van der Waals surface area contributed by atoms with E-state index >= 15 is 0 Å². The first kappa shape index (κ1) is 22.5. The van der Waals surface area contributed by atoms with E-state index in [-0.39, 0.29) is 29.9 Å². The lowest BCUT2D eigenvalue weighted by Gasteiger charge is -2.24. The Morgan fingerprint density at radius 1 is 1.30 bits per heavy atom. The number of oxime groups is 1. The summed E-state index contributed by atoms with van der Waals surface area (Å²) in [6.07, 6.45) is 4.54. The van der Waals surface area contributed by atoms with Gasteiger partial charge < -0.3 is 20.8 Å². The molecule has 0 saturated carbocycles. The van der Waals surface area contributed by atoms with Crippen molar-refractivity contribution in [3.05, 3.63) is 47.5 Å². The Bertz CT molecular complexity index is 1200. The molecule has 33 heavy (non-hydrogen) atoms. The van der Waals surface area contributed by atoms with E-state index in [0.29, 0.717) is 16.8 Å². The second-order valence-corrected chi connectivity index (χ2v) is 8.99. The molecule has 1 aliphatic heterocycles. The molecule has 0 aliphatic carbocycles. The quantitative estimate of drug-likeness (QED) is 0.502. The number of aromatic nitrogens is 5. The summed E-state index contributed by atoms with van der Waals surface area (Å²) in [6, 6.07) is 5.39. The predicted molar refractivity (Wildman–Crippen MR) is 124 cm³/mol. The number of amides is 1. The zero-order chi connectivity index (χ0) is 23.6. The molecule has 12 heteroatoms. The third kappa shape index (κ3) is 5.37. The maximum atomic E-state index is 12.4. The van der Waals surface area contributed by atoms with Crippen molar-refractivity contribution in [1.82, 2.24) is 35.4 Å². The highest BCUT2D eigenvalue weighted by atomic mass is 35.5. The van der Waals surface area contributed by atoms with Gasteiger partial charge >= 0.3 is 0 Å².